The number of pyridine rings is 1. The van der Waals surface area contributed by atoms with Crippen LogP contribution in [0.1, 0.15) is 13.8 Å². The predicted molar refractivity (Wildman–Crippen MR) is 86.1 cm³/mol. The van der Waals surface area contributed by atoms with Gasteiger partial charge in [-0.25, -0.2) is 18.1 Å². The number of hydrogen-bond acceptors (Lipinski definition) is 5. The molecule has 5 nitrogen and oxygen atoms in total. The van der Waals surface area contributed by atoms with Crippen LogP contribution >= 0.6 is 23.4 Å². The second-order valence-corrected chi connectivity index (χ2v) is 7.53. The van der Waals surface area contributed by atoms with Gasteiger partial charge in [0.2, 0.25) is 10.0 Å². The fourth-order valence-electron chi connectivity index (χ4n) is 1.54. The monoisotopic (exact) mass is 337 g/mol. The lowest BCUT2D eigenvalue weighted by atomic mass is 10.2. The van der Waals surface area contributed by atoms with Crippen LogP contribution < -0.4 is 10.0 Å². The Morgan fingerprint density at radius 1 is 1.50 bits per heavy atom. The van der Waals surface area contributed by atoms with Crippen molar-refractivity contribution in [3.05, 3.63) is 17.3 Å². The number of rotatable bonds is 8. The number of anilines is 1. The van der Waals surface area contributed by atoms with Gasteiger partial charge in [0.05, 0.1) is 5.02 Å². The zero-order chi connectivity index (χ0) is 15.2. The fraction of sp³-hybridized carbons (Fsp3) is 0.583. The summed E-state index contributed by atoms with van der Waals surface area (Å²) in [6, 6.07) is 1.41. The van der Waals surface area contributed by atoms with Crippen LogP contribution in [0.4, 0.5) is 5.82 Å². The summed E-state index contributed by atoms with van der Waals surface area (Å²) < 4.78 is 26.8. The lowest BCUT2D eigenvalue weighted by molar-refractivity contribution is 0.562. The molecule has 114 valence electrons. The molecule has 1 rings (SSSR count). The Balaban J connectivity index is 2.80. The first-order chi connectivity index (χ1) is 9.40. The Bertz CT molecular complexity index is 538. The highest BCUT2D eigenvalue weighted by atomic mass is 35.5. The third-order valence-electron chi connectivity index (χ3n) is 2.54. The van der Waals surface area contributed by atoms with Gasteiger partial charge in [-0.05, 0) is 30.9 Å². The summed E-state index contributed by atoms with van der Waals surface area (Å²) in [5.74, 6) is 1.66. The number of aromatic nitrogens is 1. The Kier molecular flexibility index (Phi) is 7.08. The molecular weight excluding hydrogens is 318 g/mol. The SMILES string of the molecule is CCNc1ncc(S(=O)(=O)NCC(C)CSC)cc1Cl. The molecule has 2 N–H and O–H groups in total. The van der Waals surface area contributed by atoms with Crippen LogP contribution in [0.2, 0.25) is 5.02 Å². The normalized spacial score (nSPS) is 13.2. The van der Waals surface area contributed by atoms with Gasteiger partial charge in [0, 0.05) is 19.3 Å². The number of sulfonamides is 1. The Hall–Kier alpha value is -0.500. The highest BCUT2D eigenvalue weighted by molar-refractivity contribution is 7.98. The molecule has 1 aromatic rings. The molecule has 0 radical (unpaired) electrons. The van der Waals surface area contributed by atoms with Gasteiger partial charge in [-0.1, -0.05) is 18.5 Å². The topological polar surface area (TPSA) is 71.1 Å². The fourth-order valence-corrected chi connectivity index (χ4v) is 3.66. The number of hydrogen-bond donors (Lipinski definition) is 2. The van der Waals surface area contributed by atoms with Gasteiger partial charge < -0.3 is 5.32 Å². The summed E-state index contributed by atoms with van der Waals surface area (Å²) in [6.07, 6.45) is 3.31. The van der Waals surface area contributed by atoms with Gasteiger partial charge in [-0.15, -0.1) is 0 Å². The first kappa shape index (κ1) is 17.6. The van der Waals surface area contributed by atoms with E-state index in [0.717, 1.165) is 5.75 Å². The second kappa shape index (κ2) is 8.07. The number of thioether (sulfide) groups is 1. The van der Waals surface area contributed by atoms with E-state index in [4.69, 9.17) is 11.6 Å². The molecule has 8 heteroatoms. The number of nitrogens with one attached hydrogen (secondary N) is 2. The first-order valence-corrected chi connectivity index (χ1v) is 9.54. The van der Waals surface area contributed by atoms with Crippen LogP contribution in [-0.4, -0.2) is 38.5 Å². The Morgan fingerprint density at radius 3 is 2.75 bits per heavy atom. The number of halogens is 1. The number of nitrogens with zero attached hydrogens (tertiary/aromatic N) is 1. The Labute approximate surface area is 129 Å². The second-order valence-electron chi connectivity index (χ2n) is 4.44. The van der Waals surface area contributed by atoms with Crippen molar-refractivity contribution in [2.75, 3.05) is 30.4 Å². The zero-order valence-corrected chi connectivity index (χ0v) is 14.2. The van der Waals surface area contributed by atoms with Gasteiger partial charge in [0.25, 0.3) is 0 Å². The molecular formula is C12H20ClN3O2S2. The maximum absolute atomic E-state index is 12.1. The third kappa shape index (κ3) is 5.12. The van der Waals surface area contributed by atoms with E-state index in [1.54, 1.807) is 11.8 Å². The lowest BCUT2D eigenvalue weighted by Gasteiger charge is -2.12. The highest BCUT2D eigenvalue weighted by Gasteiger charge is 2.17. The summed E-state index contributed by atoms with van der Waals surface area (Å²) in [6.45, 7) is 4.98. The van der Waals surface area contributed by atoms with Gasteiger partial charge in [0.1, 0.15) is 10.7 Å². The van der Waals surface area contributed by atoms with E-state index in [2.05, 4.69) is 15.0 Å². The van der Waals surface area contributed by atoms with Gasteiger partial charge in [-0.3, -0.25) is 0 Å². The molecule has 0 fully saturated rings. The first-order valence-electron chi connectivity index (χ1n) is 6.28. The molecule has 0 aliphatic rings. The van der Waals surface area contributed by atoms with Crippen molar-refractivity contribution in [3.63, 3.8) is 0 Å². The summed E-state index contributed by atoms with van der Waals surface area (Å²) in [5.41, 5.74) is 0. The maximum atomic E-state index is 12.1. The molecule has 0 amide bonds. The van der Waals surface area contributed by atoms with E-state index in [0.29, 0.717) is 23.9 Å². The summed E-state index contributed by atoms with van der Waals surface area (Å²) in [7, 11) is -3.56. The lowest BCUT2D eigenvalue weighted by Crippen LogP contribution is -2.29. The molecule has 0 aromatic carbocycles. The minimum atomic E-state index is -3.56. The molecule has 1 heterocycles. The maximum Gasteiger partial charge on any atom is 0.242 e. The van der Waals surface area contributed by atoms with Crippen LogP contribution in [0.15, 0.2) is 17.2 Å². The molecule has 0 aliphatic heterocycles. The van der Waals surface area contributed by atoms with Gasteiger partial charge in [0.15, 0.2) is 0 Å². The standard InChI is InChI=1S/C12H20ClN3O2S2/c1-4-14-12-11(13)5-10(7-15-12)20(17,18)16-6-9(2)8-19-3/h5,7,9,16H,4,6,8H2,1-3H3,(H,14,15). The van der Waals surface area contributed by atoms with Crippen molar-refractivity contribution < 1.29 is 8.42 Å². The van der Waals surface area contributed by atoms with E-state index in [1.165, 1.54) is 12.3 Å². The summed E-state index contributed by atoms with van der Waals surface area (Å²) in [4.78, 5) is 4.12. The highest BCUT2D eigenvalue weighted by Crippen LogP contribution is 2.22. The zero-order valence-electron chi connectivity index (χ0n) is 11.8. The average Bonchev–Trinajstić information content (AvgIpc) is 2.39. The predicted octanol–water partition coefficient (Wildman–Crippen LogP) is 2.44. The van der Waals surface area contributed by atoms with Crippen molar-refractivity contribution in [2.45, 2.75) is 18.7 Å². The Morgan fingerprint density at radius 2 is 2.20 bits per heavy atom. The third-order valence-corrected chi connectivity index (χ3v) is 5.12. The van der Waals surface area contributed by atoms with E-state index in [9.17, 15) is 8.42 Å². The molecule has 1 atom stereocenters. The molecule has 0 spiro atoms. The van der Waals surface area contributed by atoms with E-state index >= 15 is 0 Å². The van der Waals surface area contributed by atoms with Crippen LogP contribution in [0.25, 0.3) is 0 Å². The molecule has 0 bridgehead atoms. The van der Waals surface area contributed by atoms with Crippen LogP contribution in [-0.2, 0) is 10.0 Å². The molecule has 1 aromatic heterocycles. The average molecular weight is 338 g/mol. The van der Waals surface area contributed by atoms with Crippen molar-refractivity contribution in [1.82, 2.24) is 9.71 Å². The molecule has 20 heavy (non-hydrogen) atoms. The molecule has 1 unspecified atom stereocenters. The van der Waals surface area contributed by atoms with Gasteiger partial charge in [-0.2, -0.15) is 11.8 Å². The minimum Gasteiger partial charge on any atom is -0.369 e. The molecule has 0 aliphatic carbocycles. The van der Waals surface area contributed by atoms with Crippen LogP contribution in [0.5, 0.6) is 0 Å². The van der Waals surface area contributed by atoms with E-state index in [-0.39, 0.29) is 10.8 Å². The van der Waals surface area contributed by atoms with Crippen molar-refractivity contribution in [3.8, 4) is 0 Å². The van der Waals surface area contributed by atoms with Crippen molar-refractivity contribution in [1.29, 1.82) is 0 Å². The van der Waals surface area contributed by atoms with Crippen molar-refractivity contribution in [2.24, 2.45) is 5.92 Å². The van der Waals surface area contributed by atoms with Gasteiger partial charge >= 0.3 is 0 Å². The minimum absolute atomic E-state index is 0.0838. The largest absolute Gasteiger partial charge is 0.369 e. The van der Waals surface area contributed by atoms with Crippen LogP contribution in [0, 0.1) is 5.92 Å². The molecule has 0 saturated heterocycles. The summed E-state index contributed by atoms with van der Waals surface area (Å²) in [5, 5.41) is 3.26. The van der Waals surface area contributed by atoms with E-state index < -0.39 is 10.0 Å². The van der Waals surface area contributed by atoms with Crippen LogP contribution in [0.3, 0.4) is 0 Å². The summed E-state index contributed by atoms with van der Waals surface area (Å²) >= 11 is 7.70. The van der Waals surface area contributed by atoms with E-state index in [1.807, 2.05) is 20.1 Å². The van der Waals surface area contributed by atoms with Crippen molar-refractivity contribution >= 4 is 39.2 Å². The smallest absolute Gasteiger partial charge is 0.242 e. The molecule has 0 saturated carbocycles. The quantitative estimate of drug-likeness (QED) is 0.762.